The Hall–Kier alpha value is -4.34. The maximum absolute atomic E-state index is 13.6. The molecule has 2 aromatic heterocycles. The van der Waals surface area contributed by atoms with E-state index in [9.17, 15) is 13.6 Å². The summed E-state index contributed by atoms with van der Waals surface area (Å²) in [7, 11) is 0. The van der Waals surface area contributed by atoms with Gasteiger partial charge in [0.15, 0.2) is 0 Å². The predicted octanol–water partition coefficient (Wildman–Crippen LogP) is 4.38. The summed E-state index contributed by atoms with van der Waals surface area (Å²) in [5.41, 5.74) is 0.315. The lowest BCUT2D eigenvalue weighted by Crippen LogP contribution is -2.20. The molecule has 0 atom stereocenters. The molecule has 2 aromatic carbocycles. The lowest BCUT2D eigenvalue weighted by molar-refractivity contribution is 0.262. The number of aromatic nitrogens is 4. The summed E-state index contributed by atoms with van der Waals surface area (Å²) >= 11 is 0. The number of anilines is 2. The molecule has 2 heterocycles. The summed E-state index contributed by atoms with van der Waals surface area (Å²) in [5.74, 6) is -0.177. The molecule has 0 bridgehead atoms. The van der Waals surface area contributed by atoms with Gasteiger partial charge in [-0.1, -0.05) is 0 Å². The standard InChI is InChI=1S/C20H14F2N6O2/c21-13-1-6-17(16(22)9-13)27-20(29)26-14-2-4-15(5-3-14)30-19-10-18(24-11-25-19)28-8-7-23-12-28/h1-12H,(H2,26,27,29). The third-order valence-electron chi connectivity index (χ3n) is 3.91. The van der Waals surface area contributed by atoms with E-state index in [1.165, 1.54) is 6.33 Å². The maximum atomic E-state index is 13.6. The molecular weight excluding hydrogens is 394 g/mol. The number of imidazole rings is 1. The largest absolute Gasteiger partial charge is 0.439 e. The zero-order valence-corrected chi connectivity index (χ0v) is 15.3. The normalized spacial score (nSPS) is 10.5. The molecule has 4 aromatic rings. The van der Waals surface area contributed by atoms with Gasteiger partial charge in [0.2, 0.25) is 5.88 Å². The Kier molecular flexibility index (Phi) is 5.29. The van der Waals surface area contributed by atoms with Gasteiger partial charge in [0, 0.05) is 30.2 Å². The van der Waals surface area contributed by atoms with E-state index in [-0.39, 0.29) is 5.69 Å². The van der Waals surface area contributed by atoms with Gasteiger partial charge in [-0.3, -0.25) is 4.57 Å². The smallest absolute Gasteiger partial charge is 0.323 e. The molecule has 8 nitrogen and oxygen atoms in total. The maximum Gasteiger partial charge on any atom is 0.323 e. The van der Waals surface area contributed by atoms with Crippen molar-refractivity contribution in [1.82, 2.24) is 19.5 Å². The summed E-state index contributed by atoms with van der Waals surface area (Å²) in [4.78, 5) is 24.2. The highest BCUT2D eigenvalue weighted by Gasteiger charge is 2.09. The van der Waals surface area contributed by atoms with Gasteiger partial charge in [0.05, 0.1) is 5.69 Å². The van der Waals surface area contributed by atoms with Crippen LogP contribution < -0.4 is 15.4 Å². The van der Waals surface area contributed by atoms with E-state index in [1.807, 2.05) is 0 Å². The molecule has 2 N–H and O–H groups in total. The van der Waals surface area contributed by atoms with Gasteiger partial charge < -0.3 is 15.4 Å². The van der Waals surface area contributed by atoms with E-state index in [0.29, 0.717) is 29.2 Å². The van der Waals surface area contributed by atoms with Crippen LogP contribution >= 0.6 is 0 Å². The third-order valence-corrected chi connectivity index (χ3v) is 3.91. The van der Waals surface area contributed by atoms with Gasteiger partial charge in [0.25, 0.3) is 0 Å². The average molecular weight is 408 g/mol. The van der Waals surface area contributed by atoms with Crippen LogP contribution in [0.25, 0.3) is 5.82 Å². The molecule has 10 heteroatoms. The van der Waals surface area contributed by atoms with Gasteiger partial charge in [-0.2, -0.15) is 0 Å². The van der Waals surface area contributed by atoms with Crippen molar-refractivity contribution in [3.05, 3.63) is 85.2 Å². The zero-order valence-electron chi connectivity index (χ0n) is 15.3. The number of urea groups is 1. The fraction of sp³-hybridized carbons (Fsp3) is 0. The highest BCUT2D eigenvalue weighted by atomic mass is 19.1. The third kappa shape index (κ3) is 4.55. The molecule has 30 heavy (non-hydrogen) atoms. The van der Waals surface area contributed by atoms with Crippen molar-refractivity contribution in [2.75, 3.05) is 10.6 Å². The van der Waals surface area contributed by atoms with Crippen molar-refractivity contribution in [2.45, 2.75) is 0 Å². The minimum Gasteiger partial charge on any atom is -0.439 e. The Labute approximate surface area is 169 Å². The zero-order chi connectivity index (χ0) is 20.9. The number of rotatable bonds is 5. The van der Waals surface area contributed by atoms with E-state index >= 15 is 0 Å². The van der Waals surface area contributed by atoms with E-state index in [2.05, 4.69) is 25.6 Å². The van der Waals surface area contributed by atoms with Crippen molar-refractivity contribution >= 4 is 17.4 Å². The van der Waals surface area contributed by atoms with Gasteiger partial charge in [-0.25, -0.2) is 28.5 Å². The second-order valence-electron chi connectivity index (χ2n) is 6.01. The molecule has 0 saturated heterocycles. The Balaban J connectivity index is 1.38. The summed E-state index contributed by atoms with van der Waals surface area (Å²) in [6.07, 6.45) is 6.36. The molecule has 2 amide bonds. The number of hydrogen-bond donors (Lipinski definition) is 2. The molecule has 150 valence electrons. The number of carbonyl (C=O) groups excluding carboxylic acids is 1. The fourth-order valence-corrected chi connectivity index (χ4v) is 2.52. The number of halogens is 2. The van der Waals surface area contributed by atoms with Gasteiger partial charge in [-0.15, -0.1) is 0 Å². The predicted molar refractivity (Wildman–Crippen MR) is 105 cm³/mol. The molecule has 0 radical (unpaired) electrons. The number of nitrogens with zero attached hydrogens (tertiary/aromatic N) is 4. The minimum absolute atomic E-state index is 0.133. The average Bonchev–Trinajstić information content (AvgIpc) is 3.27. The summed E-state index contributed by atoms with van der Waals surface area (Å²) in [6.45, 7) is 0. The second-order valence-corrected chi connectivity index (χ2v) is 6.01. The van der Waals surface area contributed by atoms with Crippen LogP contribution in [0.2, 0.25) is 0 Å². The van der Waals surface area contributed by atoms with Gasteiger partial charge >= 0.3 is 6.03 Å². The van der Waals surface area contributed by atoms with E-state index < -0.39 is 17.7 Å². The number of ether oxygens (including phenoxy) is 1. The summed E-state index contributed by atoms with van der Waals surface area (Å²) in [6, 6.07) is 10.3. The summed E-state index contributed by atoms with van der Waals surface area (Å²) < 4.78 is 34.0. The topological polar surface area (TPSA) is 94.0 Å². The molecule has 0 fully saturated rings. The van der Waals surface area contributed by atoms with Crippen molar-refractivity contribution in [1.29, 1.82) is 0 Å². The molecule has 4 rings (SSSR count). The van der Waals surface area contributed by atoms with Crippen LogP contribution in [0.5, 0.6) is 11.6 Å². The number of benzene rings is 2. The quantitative estimate of drug-likeness (QED) is 0.511. The molecule has 0 aliphatic carbocycles. The van der Waals surface area contributed by atoms with Crippen LogP contribution in [0, 0.1) is 11.6 Å². The van der Waals surface area contributed by atoms with Crippen molar-refractivity contribution < 1.29 is 18.3 Å². The van der Waals surface area contributed by atoms with E-state index in [4.69, 9.17) is 4.74 Å². The van der Waals surface area contributed by atoms with E-state index in [1.54, 1.807) is 53.6 Å². The van der Waals surface area contributed by atoms with Crippen molar-refractivity contribution in [2.24, 2.45) is 0 Å². The highest BCUT2D eigenvalue weighted by Crippen LogP contribution is 2.23. The van der Waals surface area contributed by atoms with Crippen molar-refractivity contribution in [3.8, 4) is 17.4 Å². The molecule has 0 unspecified atom stereocenters. The van der Waals surface area contributed by atoms with Crippen LogP contribution in [-0.2, 0) is 0 Å². The molecule has 0 aliphatic heterocycles. The first kappa shape index (κ1) is 19.0. The molecule has 0 spiro atoms. The number of amides is 2. The lowest BCUT2D eigenvalue weighted by Gasteiger charge is -2.10. The Morgan fingerprint density at radius 1 is 1.00 bits per heavy atom. The van der Waals surface area contributed by atoms with Crippen LogP contribution in [0.15, 0.2) is 73.6 Å². The minimum atomic E-state index is -0.867. The van der Waals surface area contributed by atoms with Gasteiger partial charge in [-0.05, 0) is 36.4 Å². The van der Waals surface area contributed by atoms with Crippen LogP contribution in [-0.4, -0.2) is 25.6 Å². The second kappa shape index (κ2) is 8.35. The Morgan fingerprint density at radius 3 is 2.57 bits per heavy atom. The van der Waals surface area contributed by atoms with Crippen molar-refractivity contribution in [3.63, 3.8) is 0 Å². The first-order valence-electron chi connectivity index (χ1n) is 8.68. The number of nitrogens with one attached hydrogen (secondary N) is 2. The SMILES string of the molecule is O=C(Nc1ccc(Oc2cc(-n3ccnc3)ncn2)cc1)Nc1ccc(F)cc1F. The van der Waals surface area contributed by atoms with Crippen LogP contribution in [0.4, 0.5) is 25.0 Å². The molecular formula is C20H14F2N6O2. The van der Waals surface area contributed by atoms with Crippen LogP contribution in [0.3, 0.4) is 0 Å². The highest BCUT2D eigenvalue weighted by molar-refractivity contribution is 5.99. The Morgan fingerprint density at radius 2 is 1.83 bits per heavy atom. The number of hydrogen-bond acceptors (Lipinski definition) is 5. The first-order valence-corrected chi connectivity index (χ1v) is 8.68. The van der Waals surface area contributed by atoms with E-state index in [0.717, 1.165) is 12.1 Å². The number of carbonyl (C=O) groups is 1. The Bertz CT molecular complexity index is 1170. The van der Waals surface area contributed by atoms with Gasteiger partial charge in [0.1, 0.15) is 35.9 Å². The lowest BCUT2D eigenvalue weighted by atomic mass is 10.3. The van der Waals surface area contributed by atoms with Crippen LogP contribution in [0.1, 0.15) is 0 Å². The molecule has 0 saturated carbocycles. The first-order chi connectivity index (χ1) is 14.6. The fourth-order valence-electron chi connectivity index (χ4n) is 2.52. The summed E-state index contributed by atoms with van der Waals surface area (Å²) in [5, 5.41) is 4.86. The monoisotopic (exact) mass is 408 g/mol. The molecule has 0 aliphatic rings.